The standard InChI is InChI=1S/C14H18N4O3/c1-4-10-11(5-2)16-17-13(12(10)14(19)20)15-7-9-6-8(3)21-18-9/h6H,4-5,7H2,1-3H3,(H,15,17)(H,19,20). The minimum absolute atomic E-state index is 0.185. The smallest absolute Gasteiger partial charge is 0.339 e. The predicted molar refractivity (Wildman–Crippen MR) is 76.3 cm³/mol. The fourth-order valence-electron chi connectivity index (χ4n) is 2.20. The molecule has 0 atom stereocenters. The van der Waals surface area contributed by atoms with E-state index in [1.165, 1.54) is 0 Å². The van der Waals surface area contributed by atoms with E-state index < -0.39 is 5.97 Å². The summed E-state index contributed by atoms with van der Waals surface area (Å²) in [5, 5.41) is 24.4. The maximum absolute atomic E-state index is 11.5. The molecule has 2 N–H and O–H groups in total. The molecule has 0 fully saturated rings. The molecule has 0 aliphatic heterocycles. The van der Waals surface area contributed by atoms with Crippen LogP contribution in [-0.4, -0.2) is 26.4 Å². The zero-order chi connectivity index (χ0) is 15.4. The number of anilines is 1. The molecular weight excluding hydrogens is 272 g/mol. The first-order chi connectivity index (χ1) is 10.1. The van der Waals surface area contributed by atoms with Gasteiger partial charge in [-0.25, -0.2) is 4.79 Å². The fourth-order valence-corrected chi connectivity index (χ4v) is 2.20. The first-order valence-electron chi connectivity index (χ1n) is 6.84. The van der Waals surface area contributed by atoms with Crippen LogP contribution in [0.2, 0.25) is 0 Å². The Bertz CT molecular complexity index is 652. The Morgan fingerprint density at radius 2 is 2.10 bits per heavy atom. The van der Waals surface area contributed by atoms with Crippen molar-refractivity contribution in [3.05, 3.63) is 34.3 Å². The van der Waals surface area contributed by atoms with E-state index in [2.05, 4.69) is 20.7 Å². The number of hydrogen-bond donors (Lipinski definition) is 2. The number of rotatable bonds is 6. The molecule has 0 amide bonds. The summed E-state index contributed by atoms with van der Waals surface area (Å²) in [7, 11) is 0. The van der Waals surface area contributed by atoms with Gasteiger partial charge in [0.1, 0.15) is 17.0 Å². The lowest BCUT2D eigenvalue weighted by molar-refractivity contribution is 0.0696. The minimum atomic E-state index is -1.00. The van der Waals surface area contributed by atoms with Crippen molar-refractivity contribution in [1.29, 1.82) is 0 Å². The molecule has 112 valence electrons. The lowest BCUT2D eigenvalue weighted by atomic mass is 10.0. The number of aromatic nitrogens is 3. The zero-order valence-electron chi connectivity index (χ0n) is 12.3. The molecular formula is C14H18N4O3. The number of carboxylic acids is 1. The topological polar surface area (TPSA) is 101 Å². The van der Waals surface area contributed by atoms with E-state index in [0.717, 1.165) is 11.3 Å². The van der Waals surface area contributed by atoms with Gasteiger partial charge in [-0.15, -0.1) is 5.10 Å². The average Bonchev–Trinajstić information content (AvgIpc) is 2.89. The Hall–Kier alpha value is -2.44. The van der Waals surface area contributed by atoms with Crippen molar-refractivity contribution in [3.63, 3.8) is 0 Å². The molecule has 2 rings (SSSR count). The number of hydrogen-bond acceptors (Lipinski definition) is 6. The molecule has 2 aromatic heterocycles. The summed E-state index contributed by atoms with van der Waals surface area (Å²) < 4.78 is 4.97. The average molecular weight is 290 g/mol. The summed E-state index contributed by atoms with van der Waals surface area (Å²) in [4.78, 5) is 11.5. The maximum Gasteiger partial charge on any atom is 0.339 e. The molecule has 0 bridgehead atoms. The van der Waals surface area contributed by atoms with Crippen LogP contribution < -0.4 is 5.32 Å². The van der Waals surface area contributed by atoms with E-state index in [1.807, 2.05) is 13.8 Å². The third kappa shape index (κ3) is 3.18. The minimum Gasteiger partial charge on any atom is -0.478 e. The highest BCUT2D eigenvalue weighted by atomic mass is 16.5. The van der Waals surface area contributed by atoms with Crippen molar-refractivity contribution in [2.75, 3.05) is 5.32 Å². The number of nitrogens with zero attached hydrogens (tertiary/aromatic N) is 3. The van der Waals surface area contributed by atoms with Gasteiger partial charge in [-0.05, 0) is 25.3 Å². The van der Waals surface area contributed by atoms with Gasteiger partial charge < -0.3 is 14.9 Å². The van der Waals surface area contributed by atoms with Crippen LogP contribution >= 0.6 is 0 Å². The number of carbonyl (C=O) groups is 1. The van der Waals surface area contributed by atoms with E-state index in [-0.39, 0.29) is 11.4 Å². The van der Waals surface area contributed by atoms with Gasteiger partial charge in [0.2, 0.25) is 0 Å². The first kappa shape index (κ1) is 15.0. The normalized spacial score (nSPS) is 10.6. The highest BCUT2D eigenvalue weighted by Gasteiger charge is 2.20. The van der Waals surface area contributed by atoms with Gasteiger partial charge in [0.25, 0.3) is 0 Å². The molecule has 0 aliphatic rings. The SMILES string of the molecule is CCc1nnc(NCc2cc(C)on2)c(C(=O)O)c1CC. The van der Waals surface area contributed by atoms with Crippen LogP contribution in [0, 0.1) is 6.92 Å². The summed E-state index contributed by atoms with van der Waals surface area (Å²) in [5.41, 5.74) is 2.31. The van der Waals surface area contributed by atoms with Crippen LogP contribution in [0.4, 0.5) is 5.82 Å². The largest absolute Gasteiger partial charge is 0.478 e. The summed E-state index contributed by atoms with van der Waals surface area (Å²) in [6.45, 7) is 5.97. The van der Waals surface area contributed by atoms with E-state index in [1.54, 1.807) is 13.0 Å². The molecule has 0 aliphatic carbocycles. The van der Waals surface area contributed by atoms with Crippen molar-refractivity contribution in [3.8, 4) is 0 Å². The maximum atomic E-state index is 11.5. The molecule has 2 heterocycles. The Morgan fingerprint density at radius 1 is 1.33 bits per heavy atom. The van der Waals surface area contributed by atoms with E-state index >= 15 is 0 Å². The molecule has 0 unspecified atom stereocenters. The molecule has 0 spiro atoms. The summed E-state index contributed by atoms with van der Waals surface area (Å²) in [5.74, 6) is -0.0422. The van der Waals surface area contributed by atoms with Crippen LogP contribution in [0.25, 0.3) is 0 Å². The van der Waals surface area contributed by atoms with Gasteiger partial charge in [0.15, 0.2) is 5.82 Å². The van der Waals surface area contributed by atoms with Crippen molar-refractivity contribution in [2.24, 2.45) is 0 Å². The van der Waals surface area contributed by atoms with Gasteiger partial charge in [0.05, 0.1) is 12.2 Å². The van der Waals surface area contributed by atoms with Crippen LogP contribution in [0.5, 0.6) is 0 Å². The van der Waals surface area contributed by atoms with E-state index in [0.29, 0.717) is 30.8 Å². The molecule has 0 radical (unpaired) electrons. The molecule has 7 nitrogen and oxygen atoms in total. The molecule has 0 saturated carbocycles. The number of aryl methyl sites for hydroxylation is 2. The van der Waals surface area contributed by atoms with Crippen LogP contribution in [0.1, 0.15) is 46.9 Å². The Kier molecular flexibility index (Phi) is 4.52. The summed E-state index contributed by atoms with van der Waals surface area (Å²) in [6.07, 6.45) is 1.25. The van der Waals surface area contributed by atoms with Gasteiger partial charge >= 0.3 is 5.97 Å². The van der Waals surface area contributed by atoms with Crippen LogP contribution in [-0.2, 0) is 19.4 Å². The van der Waals surface area contributed by atoms with Crippen LogP contribution in [0.3, 0.4) is 0 Å². The van der Waals surface area contributed by atoms with Gasteiger partial charge in [-0.2, -0.15) is 5.10 Å². The second kappa shape index (κ2) is 6.34. The first-order valence-corrected chi connectivity index (χ1v) is 6.84. The Morgan fingerprint density at radius 3 is 2.62 bits per heavy atom. The number of aromatic carboxylic acids is 1. The lowest BCUT2D eigenvalue weighted by Crippen LogP contribution is -2.15. The van der Waals surface area contributed by atoms with Crippen LogP contribution in [0.15, 0.2) is 10.6 Å². The predicted octanol–water partition coefficient (Wildman–Crippen LogP) is 2.21. The second-order valence-electron chi connectivity index (χ2n) is 4.64. The third-order valence-electron chi connectivity index (χ3n) is 3.17. The highest BCUT2D eigenvalue weighted by Crippen LogP contribution is 2.21. The van der Waals surface area contributed by atoms with Gasteiger partial charge in [0, 0.05) is 6.07 Å². The third-order valence-corrected chi connectivity index (χ3v) is 3.17. The number of carboxylic acid groups (broad SMARTS) is 1. The second-order valence-corrected chi connectivity index (χ2v) is 4.64. The molecule has 21 heavy (non-hydrogen) atoms. The Labute approximate surface area is 122 Å². The number of nitrogens with one attached hydrogen (secondary N) is 1. The van der Waals surface area contributed by atoms with Crippen molar-refractivity contribution in [1.82, 2.24) is 15.4 Å². The Balaban J connectivity index is 2.32. The molecule has 0 aromatic carbocycles. The van der Waals surface area contributed by atoms with Crippen molar-refractivity contribution < 1.29 is 14.4 Å². The molecule has 7 heteroatoms. The molecule has 0 saturated heterocycles. The molecule has 2 aromatic rings. The van der Waals surface area contributed by atoms with E-state index in [4.69, 9.17) is 4.52 Å². The lowest BCUT2D eigenvalue weighted by Gasteiger charge is -2.12. The van der Waals surface area contributed by atoms with Crippen molar-refractivity contribution >= 4 is 11.8 Å². The van der Waals surface area contributed by atoms with Gasteiger partial charge in [-0.3, -0.25) is 0 Å². The van der Waals surface area contributed by atoms with Crippen molar-refractivity contribution in [2.45, 2.75) is 40.2 Å². The monoisotopic (exact) mass is 290 g/mol. The summed E-state index contributed by atoms with van der Waals surface area (Å²) >= 11 is 0. The highest BCUT2D eigenvalue weighted by molar-refractivity contribution is 5.95. The fraction of sp³-hybridized carbons (Fsp3) is 0.429. The zero-order valence-corrected chi connectivity index (χ0v) is 12.3. The van der Waals surface area contributed by atoms with Gasteiger partial charge in [-0.1, -0.05) is 19.0 Å². The summed E-state index contributed by atoms with van der Waals surface area (Å²) in [6, 6.07) is 1.78. The van der Waals surface area contributed by atoms with E-state index in [9.17, 15) is 9.90 Å². The quantitative estimate of drug-likeness (QED) is 0.841.